The van der Waals surface area contributed by atoms with Crippen LogP contribution in [0.5, 0.6) is 0 Å². The molecule has 2 saturated carbocycles. The van der Waals surface area contributed by atoms with Gasteiger partial charge in [0.15, 0.2) is 0 Å². The highest BCUT2D eigenvalue weighted by atomic mass is 19.1. The Morgan fingerprint density at radius 3 is 2.41 bits per heavy atom. The van der Waals surface area contributed by atoms with Crippen molar-refractivity contribution < 1.29 is 18.7 Å². The minimum Gasteiger partial charge on any atom is -0.465 e. The molecule has 0 saturated heterocycles. The molecular formula is C28H27FN2O3. The molecule has 6 heteroatoms. The summed E-state index contributed by atoms with van der Waals surface area (Å²) in [6.45, 7) is 1.89. The van der Waals surface area contributed by atoms with Crippen LogP contribution in [0.4, 0.5) is 10.1 Å². The van der Waals surface area contributed by atoms with Gasteiger partial charge in [-0.2, -0.15) is 0 Å². The first kappa shape index (κ1) is 22.3. The third kappa shape index (κ3) is 4.20. The highest BCUT2D eigenvalue weighted by molar-refractivity contribution is 6.04. The Hall–Kier alpha value is -3.54. The average Bonchev–Trinajstić information content (AvgIpc) is 3.42. The van der Waals surface area contributed by atoms with Crippen LogP contribution in [0.2, 0.25) is 0 Å². The summed E-state index contributed by atoms with van der Waals surface area (Å²) < 4.78 is 18.6. The summed E-state index contributed by atoms with van der Waals surface area (Å²) in [5, 5.41) is 3.85. The van der Waals surface area contributed by atoms with E-state index in [1.165, 1.54) is 24.3 Å². The van der Waals surface area contributed by atoms with Gasteiger partial charge in [-0.25, -0.2) is 9.18 Å². The summed E-state index contributed by atoms with van der Waals surface area (Å²) in [6, 6.07) is 13.5. The fourth-order valence-electron chi connectivity index (χ4n) is 5.68. The number of fused-ring (bicyclic) bond motifs is 2. The number of methoxy groups -OCH3 is 1. The lowest BCUT2D eigenvalue weighted by atomic mass is 9.91. The van der Waals surface area contributed by atoms with E-state index in [1.54, 1.807) is 36.4 Å². The highest BCUT2D eigenvalue weighted by Gasteiger charge is 2.41. The molecule has 0 radical (unpaired) electrons. The lowest BCUT2D eigenvalue weighted by Crippen LogP contribution is -2.14. The summed E-state index contributed by atoms with van der Waals surface area (Å²) in [4.78, 5) is 28.8. The van der Waals surface area contributed by atoms with Gasteiger partial charge in [0.25, 0.3) is 5.91 Å². The molecule has 5 rings (SSSR count). The first-order valence-corrected chi connectivity index (χ1v) is 11.7. The molecule has 174 valence electrons. The number of halogens is 1. The molecule has 5 nitrogen and oxygen atoms in total. The molecule has 2 aromatic carbocycles. The Kier molecular flexibility index (Phi) is 5.90. The molecule has 2 aliphatic carbocycles. The van der Waals surface area contributed by atoms with Gasteiger partial charge in [0.2, 0.25) is 0 Å². The van der Waals surface area contributed by atoms with Crippen LogP contribution in [-0.4, -0.2) is 24.0 Å². The second-order valence-electron chi connectivity index (χ2n) is 9.41. The molecule has 0 aliphatic heterocycles. The number of aromatic nitrogens is 1. The largest absolute Gasteiger partial charge is 0.465 e. The minimum atomic E-state index is -0.406. The number of nitrogens with one attached hydrogen (secondary N) is 1. The second kappa shape index (κ2) is 9.01. The van der Waals surface area contributed by atoms with Crippen LogP contribution in [0.1, 0.15) is 54.4 Å². The number of carbonyl (C=O) groups excluding carboxylic acids is 2. The molecule has 1 N–H and O–H groups in total. The van der Waals surface area contributed by atoms with Gasteiger partial charge in [0.1, 0.15) is 5.82 Å². The Bertz CT molecular complexity index is 1280. The van der Waals surface area contributed by atoms with Crippen molar-refractivity contribution in [2.45, 2.75) is 38.5 Å². The van der Waals surface area contributed by atoms with E-state index in [1.807, 2.05) is 19.2 Å². The summed E-state index contributed by atoms with van der Waals surface area (Å²) in [7, 11) is 1.34. The maximum atomic E-state index is 13.9. The van der Waals surface area contributed by atoms with Crippen molar-refractivity contribution in [3.63, 3.8) is 0 Å². The predicted molar refractivity (Wildman–Crippen MR) is 129 cm³/mol. The van der Waals surface area contributed by atoms with Crippen LogP contribution < -0.4 is 5.32 Å². The Labute approximate surface area is 198 Å². The van der Waals surface area contributed by atoms with Crippen LogP contribution in [0, 0.1) is 17.7 Å². The molecule has 1 unspecified atom stereocenters. The molecule has 3 atom stereocenters. The van der Waals surface area contributed by atoms with Crippen LogP contribution >= 0.6 is 0 Å². The summed E-state index contributed by atoms with van der Waals surface area (Å²) in [6.07, 6.45) is 5.78. The zero-order valence-corrected chi connectivity index (χ0v) is 19.3. The minimum absolute atomic E-state index is 0.104. The zero-order valence-electron chi connectivity index (χ0n) is 19.3. The molecule has 1 heterocycles. The van der Waals surface area contributed by atoms with Gasteiger partial charge in [0.05, 0.1) is 18.2 Å². The van der Waals surface area contributed by atoms with E-state index in [0.29, 0.717) is 29.0 Å². The number of allylic oxidation sites excluding steroid dienone is 1. The fourth-order valence-corrected chi connectivity index (χ4v) is 5.68. The van der Waals surface area contributed by atoms with Gasteiger partial charge in [-0.3, -0.25) is 9.78 Å². The zero-order chi connectivity index (χ0) is 23.8. The van der Waals surface area contributed by atoms with Crippen molar-refractivity contribution in [2.24, 2.45) is 11.8 Å². The summed E-state index contributed by atoms with van der Waals surface area (Å²) in [5.41, 5.74) is 5.12. The molecule has 1 amide bonds. The van der Waals surface area contributed by atoms with E-state index in [9.17, 15) is 14.0 Å². The number of amides is 1. The SMILES string of the molecule is COC(=O)c1ccc(NC(=O)C(C)=C2C[C@@H]3CC(c4ccnc5ccc(F)cc45)C[C@@H]3C2)cc1. The Morgan fingerprint density at radius 1 is 1.03 bits per heavy atom. The molecule has 3 aromatic rings. The molecule has 2 fully saturated rings. The summed E-state index contributed by atoms with van der Waals surface area (Å²) in [5.74, 6) is 0.737. The maximum Gasteiger partial charge on any atom is 0.337 e. The number of nitrogens with zero attached hydrogens (tertiary/aromatic N) is 1. The van der Waals surface area contributed by atoms with Crippen LogP contribution in [-0.2, 0) is 9.53 Å². The normalized spacial score (nSPS) is 23.0. The van der Waals surface area contributed by atoms with Crippen LogP contribution in [0.25, 0.3) is 10.9 Å². The molecular weight excluding hydrogens is 431 g/mol. The van der Waals surface area contributed by atoms with Crippen LogP contribution in [0.3, 0.4) is 0 Å². The van der Waals surface area contributed by atoms with Crippen molar-refractivity contribution in [1.29, 1.82) is 0 Å². The standard InChI is InChI=1S/C28H27FN2O3/c1-16(27(32)31-23-6-3-17(4-7-23)28(33)34-2)18-11-19-13-21(14-20(19)12-18)24-9-10-30-26-8-5-22(29)15-25(24)26/h3-10,15,19-21H,11-14H2,1-2H3,(H,31,32)/t19-,20+,21?. The average molecular weight is 459 g/mol. The van der Waals surface area contributed by atoms with Crippen molar-refractivity contribution in [3.8, 4) is 0 Å². The topological polar surface area (TPSA) is 68.3 Å². The predicted octanol–water partition coefficient (Wildman–Crippen LogP) is 6.02. The van der Waals surface area contributed by atoms with Crippen molar-refractivity contribution >= 4 is 28.5 Å². The number of hydrogen-bond donors (Lipinski definition) is 1. The molecule has 1 aromatic heterocycles. The van der Waals surface area contributed by atoms with Gasteiger partial charge < -0.3 is 10.1 Å². The Balaban J connectivity index is 1.26. The third-order valence-corrected chi connectivity index (χ3v) is 7.47. The Morgan fingerprint density at radius 2 is 1.74 bits per heavy atom. The number of rotatable bonds is 4. The van der Waals surface area contributed by atoms with E-state index < -0.39 is 5.97 Å². The van der Waals surface area contributed by atoms with Gasteiger partial charge in [0, 0.05) is 22.8 Å². The van der Waals surface area contributed by atoms with E-state index in [4.69, 9.17) is 4.74 Å². The maximum absolute atomic E-state index is 13.9. The van der Waals surface area contributed by atoms with Gasteiger partial charge >= 0.3 is 5.97 Å². The molecule has 0 bridgehead atoms. The lowest BCUT2D eigenvalue weighted by molar-refractivity contribution is -0.112. The van der Waals surface area contributed by atoms with Crippen molar-refractivity contribution in [2.75, 3.05) is 12.4 Å². The number of hydrogen-bond acceptors (Lipinski definition) is 4. The van der Waals surface area contributed by atoms with E-state index in [2.05, 4.69) is 10.3 Å². The number of anilines is 1. The van der Waals surface area contributed by atoms with Crippen molar-refractivity contribution in [1.82, 2.24) is 4.98 Å². The molecule has 0 spiro atoms. The number of benzene rings is 2. The van der Waals surface area contributed by atoms with Gasteiger partial charge in [-0.1, -0.05) is 5.57 Å². The highest BCUT2D eigenvalue weighted by Crippen LogP contribution is 2.53. The lowest BCUT2D eigenvalue weighted by Gasteiger charge is -2.15. The number of carbonyl (C=O) groups is 2. The van der Waals surface area contributed by atoms with Gasteiger partial charge in [-0.15, -0.1) is 0 Å². The molecule has 2 aliphatic rings. The quantitative estimate of drug-likeness (QED) is 0.383. The second-order valence-corrected chi connectivity index (χ2v) is 9.41. The molecule has 34 heavy (non-hydrogen) atoms. The monoisotopic (exact) mass is 458 g/mol. The first-order valence-electron chi connectivity index (χ1n) is 11.7. The van der Waals surface area contributed by atoms with E-state index >= 15 is 0 Å². The number of esters is 1. The van der Waals surface area contributed by atoms with Gasteiger partial charge in [-0.05, 0) is 104 Å². The summed E-state index contributed by atoms with van der Waals surface area (Å²) >= 11 is 0. The first-order chi connectivity index (χ1) is 16.4. The number of pyridine rings is 1. The number of ether oxygens (including phenoxy) is 1. The third-order valence-electron chi connectivity index (χ3n) is 7.47. The van der Waals surface area contributed by atoms with Crippen molar-refractivity contribution in [3.05, 3.63) is 82.8 Å². The fraction of sp³-hybridized carbons (Fsp3) is 0.321. The van der Waals surface area contributed by atoms with Crippen LogP contribution in [0.15, 0.2) is 65.9 Å². The smallest absolute Gasteiger partial charge is 0.337 e. The van der Waals surface area contributed by atoms with E-state index in [0.717, 1.165) is 42.2 Å². The van der Waals surface area contributed by atoms with E-state index in [-0.39, 0.29) is 11.7 Å².